The molecule has 0 unspecified atom stereocenters. The molecular weight excluding hydrogens is 360 g/mol. The Bertz CT molecular complexity index is 960. The van der Waals surface area contributed by atoms with Gasteiger partial charge in [0, 0.05) is 26.7 Å². The van der Waals surface area contributed by atoms with Gasteiger partial charge in [-0.2, -0.15) is 0 Å². The van der Waals surface area contributed by atoms with Gasteiger partial charge < -0.3 is 19.0 Å². The van der Waals surface area contributed by atoms with Crippen molar-refractivity contribution in [1.82, 2.24) is 14.9 Å². The molecule has 0 aliphatic carbocycles. The molecule has 3 aromatic rings. The number of carbonyl (C=O) groups is 2. The van der Waals surface area contributed by atoms with Crippen molar-refractivity contribution in [3.63, 3.8) is 0 Å². The maximum Gasteiger partial charge on any atom is 0.293 e. The number of fused-ring (bicyclic) bond motifs is 1. The van der Waals surface area contributed by atoms with E-state index in [1.165, 1.54) is 6.92 Å². The highest BCUT2D eigenvalue weighted by Gasteiger charge is 2.17. The summed E-state index contributed by atoms with van der Waals surface area (Å²) in [6, 6.07) is 11.0. The molecule has 0 fully saturated rings. The summed E-state index contributed by atoms with van der Waals surface area (Å²) in [5, 5.41) is 5.46. The topological polar surface area (TPSA) is 98.4 Å². The van der Waals surface area contributed by atoms with Crippen LogP contribution in [0.1, 0.15) is 36.6 Å². The molecule has 0 saturated heterocycles. The lowest BCUT2D eigenvalue weighted by atomic mass is 10.3. The second-order valence-corrected chi connectivity index (χ2v) is 6.26. The van der Waals surface area contributed by atoms with E-state index < -0.39 is 5.91 Å². The number of nitrogens with one attached hydrogen (secondary N) is 2. The normalized spacial score (nSPS) is 10.9. The first kappa shape index (κ1) is 19.6. The van der Waals surface area contributed by atoms with E-state index in [2.05, 4.69) is 15.6 Å². The van der Waals surface area contributed by atoms with E-state index in [-0.39, 0.29) is 18.2 Å². The van der Waals surface area contributed by atoms with Gasteiger partial charge in [0.15, 0.2) is 5.76 Å². The Morgan fingerprint density at radius 3 is 2.82 bits per heavy atom. The molecule has 0 aliphatic heterocycles. The van der Waals surface area contributed by atoms with Crippen LogP contribution in [0.25, 0.3) is 11.0 Å². The van der Waals surface area contributed by atoms with Crippen molar-refractivity contribution < 1.29 is 18.7 Å². The molecule has 1 aromatic carbocycles. The number of aromatic nitrogens is 2. The van der Waals surface area contributed by atoms with Gasteiger partial charge >= 0.3 is 0 Å². The molecular formula is C20H24N4O4. The van der Waals surface area contributed by atoms with E-state index in [4.69, 9.17) is 9.15 Å². The zero-order chi connectivity index (χ0) is 19.9. The molecule has 2 N–H and O–H groups in total. The van der Waals surface area contributed by atoms with Crippen molar-refractivity contribution in [3.8, 4) is 0 Å². The standard InChI is InChI=1S/C20H24N4O4/c1-3-27-12-6-11-24-17-8-5-4-7-16(17)22-20(24)23-19(26)18-10-9-15(28-18)13-21-14(2)25/h4-5,7-10H,3,6,11-13H2,1-2H3,(H,21,25)(H,22,23,26). The maximum absolute atomic E-state index is 12.6. The first-order valence-corrected chi connectivity index (χ1v) is 9.26. The van der Waals surface area contributed by atoms with Crippen LogP contribution in [0.15, 0.2) is 40.8 Å². The molecule has 3 rings (SSSR count). The largest absolute Gasteiger partial charge is 0.454 e. The number of furan rings is 1. The van der Waals surface area contributed by atoms with Crippen LogP contribution in [0, 0.1) is 0 Å². The summed E-state index contributed by atoms with van der Waals surface area (Å²) in [5.74, 6) is 0.569. The van der Waals surface area contributed by atoms with Gasteiger partial charge in [-0.3, -0.25) is 14.9 Å². The first-order valence-electron chi connectivity index (χ1n) is 9.26. The smallest absolute Gasteiger partial charge is 0.293 e. The Labute approximate surface area is 162 Å². The molecule has 28 heavy (non-hydrogen) atoms. The van der Waals surface area contributed by atoms with E-state index >= 15 is 0 Å². The van der Waals surface area contributed by atoms with Crippen molar-refractivity contribution in [1.29, 1.82) is 0 Å². The zero-order valence-electron chi connectivity index (χ0n) is 16.0. The molecule has 8 heteroatoms. The number of amides is 2. The van der Waals surface area contributed by atoms with E-state index in [9.17, 15) is 9.59 Å². The van der Waals surface area contributed by atoms with Gasteiger partial charge in [-0.1, -0.05) is 12.1 Å². The van der Waals surface area contributed by atoms with Crippen LogP contribution < -0.4 is 10.6 Å². The third-order valence-electron chi connectivity index (χ3n) is 4.15. The predicted molar refractivity (Wildman–Crippen MR) is 105 cm³/mol. The Morgan fingerprint density at radius 1 is 1.21 bits per heavy atom. The zero-order valence-corrected chi connectivity index (χ0v) is 16.0. The molecule has 0 atom stereocenters. The van der Waals surface area contributed by atoms with Gasteiger partial charge in [0.05, 0.1) is 17.6 Å². The van der Waals surface area contributed by atoms with Crippen molar-refractivity contribution >= 4 is 28.8 Å². The lowest BCUT2D eigenvalue weighted by molar-refractivity contribution is -0.119. The minimum atomic E-state index is -0.393. The number of carbonyl (C=O) groups excluding carboxylic acids is 2. The van der Waals surface area contributed by atoms with Gasteiger partial charge in [0.2, 0.25) is 11.9 Å². The minimum absolute atomic E-state index is 0.160. The van der Waals surface area contributed by atoms with Crippen LogP contribution in [-0.2, 0) is 22.6 Å². The molecule has 0 aliphatic rings. The van der Waals surface area contributed by atoms with Crippen LogP contribution in [-0.4, -0.2) is 34.6 Å². The first-order chi connectivity index (χ1) is 13.6. The van der Waals surface area contributed by atoms with Crippen molar-refractivity contribution in [2.75, 3.05) is 18.5 Å². The molecule has 2 amide bonds. The van der Waals surface area contributed by atoms with Crippen LogP contribution in [0.4, 0.5) is 5.95 Å². The number of benzene rings is 1. The van der Waals surface area contributed by atoms with Crippen molar-refractivity contribution in [2.45, 2.75) is 33.4 Å². The summed E-state index contributed by atoms with van der Waals surface area (Å²) < 4.78 is 12.9. The second-order valence-electron chi connectivity index (χ2n) is 6.26. The average molecular weight is 384 g/mol. The fourth-order valence-electron chi connectivity index (χ4n) is 2.84. The molecule has 0 bridgehead atoms. The maximum atomic E-state index is 12.6. The average Bonchev–Trinajstić information content (AvgIpc) is 3.28. The Kier molecular flexibility index (Phi) is 6.44. The number of hydrogen-bond acceptors (Lipinski definition) is 5. The number of nitrogens with zero attached hydrogens (tertiary/aromatic N) is 2. The summed E-state index contributed by atoms with van der Waals surface area (Å²) in [6.45, 7) is 5.60. The van der Waals surface area contributed by atoms with Crippen LogP contribution in [0.2, 0.25) is 0 Å². The van der Waals surface area contributed by atoms with Crippen LogP contribution >= 0.6 is 0 Å². The number of hydrogen-bond donors (Lipinski definition) is 2. The van der Waals surface area contributed by atoms with Crippen LogP contribution in [0.5, 0.6) is 0 Å². The molecule has 2 aromatic heterocycles. The number of aryl methyl sites for hydroxylation is 1. The van der Waals surface area contributed by atoms with Gasteiger partial charge in [0.25, 0.3) is 5.91 Å². The molecule has 0 saturated carbocycles. The third kappa shape index (κ3) is 4.77. The van der Waals surface area contributed by atoms with Crippen molar-refractivity contribution in [3.05, 3.63) is 47.9 Å². The predicted octanol–water partition coefficient (Wildman–Crippen LogP) is 2.94. The summed E-state index contributed by atoms with van der Waals surface area (Å²) in [4.78, 5) is 28.1. The summed E-state index contributed by atoms with van der Waals surface area (Å²) in [7, 11) is 0. The summed E-state index contributed by atoms with van der Waals surface area (Å²) in [6.07, 6.45) is 0.804. The summed E-state index contributed by atoms with van der Waals surface area (Å²) >= 11 is 0. The lowest BCUT2D eigenvalue weighted by Crippen LogP contribution is -2.18. The number of anilines is 1. The highest BCUT2D eigenvalue weighted by atomic mass is 16.5. The van der Waals surface area contributed by atoms with Gasteiger partial charge in [-0.25, -0.2) is 4.98 Å². The van der Waals surface area contributed by atoms with E-state index in [1.54, 1.807) is 12.1 Å². The molecule has 8 nitrogen and oxygen atoms in total. The van der Waals surface area contributed by atoms with E-state index in [0.717, 1.165) is 17.5 Å². The second kappa shape index (κ2) is 9.18. The Balaban J connectivity index is 1.75. The van der Waals surface area contributed by atoms with Gasteiger partial charge in [-0.15, -0.1) is 0 Å². The molecule has 148 valence electrons. The monoisotopic (exact) mass is 384 g/mol. The SMILES string of the molecule is CCOCCCn1c(NC(=O)c2ccc(CNC(C)=O)o2)nc2ccccc21. The highest BCUT2D eigenvalue weighted by Crippen LogP contribution is 2.21. The highest BCUT2D eigenvalue weighted by molar-refractivity contribution is 6.02. The van der Waals surface area contributed by atoms with Gasteiger partial charge in [-0.05, 0) is 37.6 Å². The summed E-state index contributed by atoms with van der Waals surface area (Å²) in [5.41, 5.74) is 1.75. The number of para-hydroxylation sites is 2. The quantitative estimate of drug-likeness (QED) is 0.553. The van der Waals surface area contributed by atoms with E-state index in [0.29, 0.717) is 31.5 Å². The van der Waals surface area contributed by atoms with Gasteiger partial charge in [0.1, 0.15) is 5.76 Å². The van der Waals surface area contributed by atoms with E-state index in [1.807, 2.05) is 35.8 Å². The minimum Gasteiger partial charge on any atom is -0.454 e. The fourth-order valence-corrected chi connectivity index (χ4v) is 2.84. The molecule has 0 spiro atoms. The lowest BCUT2D eigenvalue weighted by Gasteiger charge is -2.09. The number of imidazole rings is 1. The molecule has 2 heterocycles. The van der Waals surface area contributed by atoms with Crippen molar-refractivity contribution in [2.24, 2.45) is 0 Å². The number of rotatable bonds is 9. The number of ether oxygens (including phenoxy) is 1. The fraction of sp³-hybridized carbons (Fsp3) is 0.350. The Hall–Kier alpha value is -3.13. The van der Waals surface area contributed by atoms with Crippen LogP contribution in [0.3, 0.4) is 0 Å². The Morgan fingerprint density at radius 2 is 2.04 bits per heavy atom. The molecule has 0 radical (unpaired) electrons. The third-order valence-corrected chi connectivity index (χ3v) is 4.15.